The van der Waals surface area contributed by atoms with E-state index in [0.717, 1.165) is 5.56 Å². The molecule has 5 N–H and O–H groups in total. The van der Waals surface area contributed by atoms with Crippen LogP contribution in [-0.2, 0) is 34.4 Å². The van der Waals surface area contributed by atoms with Gasteiger partial charge in [0.2, 0.25) is 18.1 Å². The number of imidazole rings is 1. The Bertz CT molecular complexity index is 1470. The molecule has 2 aromatic heterocycles. The number of nitrogens with two attached hydrogens (primary N) is 1. The lowest BCUT2D eigenvalue weighted by molar-refractivity contribution is -0.104. The van der Waals surface area contributed by atoms with Crippen LogP contribution < -0.4 is 15.6 Å². The van der Waals surface area contributed by atoms with Crippen molar-refractivity contribution >= 4 is 31.0 Å². The van der Waals surface area contributed by atoms with Crippen LogP contribution in [-0.4, -0.2) is 79.8 Å². The van der Waals surface area contributed by atoms with Crippen molar-refractivity contribution in [3.8, 4) is 5.88 Å². The fourth-order valence-corrected chi connectivity index (χ4v) is 5.90. The molecule has 6 unspecified atom stereocenters. The van der Waals surface area contributed by atoms with Gasteiger partial charge in [-0.15, -0.1) is 0 Å². The zero-order chi connectivity index (χ0) is 32.2. The van der Waals surface area contributed by atoms with Gasteiger partial charge in [0.15, 0.2) is 17.4 Å². The number of anilines is 1. The van der Waals surface area contributed by atoms with Crippen molar-refractivity contribution < 1.29 is 47.6 Å². The highest BCUT2D eigenvalue weighted by molar-refractivity contribution is 7.51. The average molecular weight is 639 g/mol. The van der Waals surface area contributed by atoms with Crippen LogP contribution in [0.15, 0.2) is 36.7 Å². The summed E-state index contributed by atoms with van der Waals surface area (Å²) in [5, 5.41) is 25.2. The third-order valence-electron chi connectivity index (χ3n) is 6.67. The first-order valence-corrected chi connectivity index (χ1v) is 15.5. The standard InChI is InChI=1S/C27H39N6O10P/c1-15(2)23(42-26(35)40-16(3)4)43-44(37,30-12-17-10-8-7-9-11-17)39-13-18-20(34)27(5,36)24(41-18)33-14-29-19-21(33)31-25(28)32-22(19)38-6/h7-11,14-16,18,20,23-24,34,36H,12-13H2,1-6H3,(H,30,37)(H2,28,31,32). The summed E-state index contributed by atoms with van der Waals surface area (Å²) in [4.78, 5) is 24.7. The highest BCUT2D eigenvalue weighted by Gasteiger charge is 2.54. The lowest BCUT2D eigenvalue weighted by Crippen LogP contribution is -2.44. The van der Waals surface area contributed by atoms with E-state index >= 15 is 0 Å². The van der Waals surface area contributed by atoms with Gasteiger partial charge in [-0.05, 0) is 26.3 Å². The van der Waals surface area contributed by atoms with E-state index in [4.69, 9.17) is 33.7 Å². The third kappa shape index (κ3) is 7.64. The second-order valence-electron chi connectivity index (χ2n) is 11.0. The van der Waals surface area contributed by atoms with E-state index in [-0.39, 0.29) is 29.5 Å². The average Bonchev–Trinajstić information content (AvgIpc) is 3.47. The zero-order valence-electron chi connectivity index (χ0n) is 25.3. The molecular weight excluding hydrogens is 599 g/mol. The molecule has 1 aromatic carbocycles. The first-order chi connectivity index (χ1) is 20.7. The molecule has 0 saturated carbocycles. The van der Waals surface area contributed by atoms with Crippen molar-refractivity contribution in [2.45, 2.75) is 77.6 Å². The van der Waals surface area contributed by atoms with E-state index in [0.29, 0.717) is 0 Å². The summed E-state index contributed by atoms with van der Waals surface area (Å²) >= 11 is 0. The third-order valence-corrected chi connectivity index (χ3v) is 8.19. The summed E-state index contributed by atoms with van der Waals surface area (Å²) in [5.74, 6) is -0.438. The summed E-state index contributed by atoms with van der Waals surface area (Å²) in [5.41, 5.74) is 5.15. The smallest absolute Gasteiger partial charge is 0.479 e. The molecule has 0 radical (unpaired) electrons. The summed E-state index contributed by atoms with van der Waals surface area (Å²) in [6.07, 6.45) is -5.38. The maximum Gasteiger partial charge on any atom is 0.510 e. The number of carbonyl (C=O) groups is 1. The topological polar surface area (TPSA) is 212 Å². The molecule has 1 fully saturated rings. The van der Waals surface area contributed by atoms with Crippen LogP contribution in [0.5, 0.6) is 5.88 Å². The van der Waals surface area contributed by atoms with Crippen molar-refractivity contribution in [2.24, 2.45) is 5.92 Å². The molecule has 3 aromatic rings. The number of nitrogens with zero attached hydrogens (tertiary/aromatic N) is 4. The zero-order valence-corrected chi connectivity index (χ0v) is 26.2. The van der Waals surface area contributed by atoms with Gasteiger partial charge in [0.1, 0.15) is 17.8 Å². The molecule has 3 heterocycles. The fourth-order valence-electron chi connectivity index (χ4n) is 4.40. The second-order valence-corrected chi connectivity index (χ2v) is 12.8. The number of ether oxygens (including phenoxy) is 4. The van der Waals surface area contributed by atoms with E-state index < -0.39 is 62.9 Å². The molecule has 0 aliphatic carbocycles. The number of nitrogens with one attached hydrogen (secondary N) is 1. The monoisotopic (exact) mass is 638 g/mol. The maximum atomic E-state index is 14.1. The number of aromatic nitrogens is 4. The molecule has 0 amide bonds. The molecule has 1 aliphatic rings. The molecule has 4 rings (SSSR count). The Morgan fingerprint density at radius 3 is 2.55 bits per heavy atom. The summed E-state index contributed by atoms with van der Waals surface area (Å²) < 4.78 is 48.6. The Kier molecular flexibility index (Phi) is 10.5. The minimum absolute atomic E-state index is 0.0672. The van der Waals surface area contributed by atoms with E-state index in [1.807, 2.05) is 18.2 Å². The molecule has 1 saturated heterocycles. The Balaban J connectivity index is 1.55. The maximum absolute atomic E-state index is 14.1. The fraction of sp³-hybridized carbons (Fsp3) is 0.556. The largest absolute Gasteiger partial charge is 0.510 e. The number of aliphatic hydroxyl groups is 2. The Hall–Kier alpha value is -3.37. The normalized spacial score (nSPS) is 24.0. The van der Waals surface area contributed by atoms with Crippen LogP contribution in [0.2, 0.25) is 0 Å². The number of fused-ring (bicyclic) bond motifs is 1. The van der Waals surface area contributed by atoms with E-state index in [1.165, 1.54) is 24.9 Å². The van der Waals surface area contributed by atoms with Gasteiger partial charge in [-0.1, -0.05) is 44.2 Å². The van der Waals surface area contributed by atoms with Crippen LogP contribution in [0.4, 0.5) is 10.7 Å². The number of nitrogen functional groups attached to an aromatic ring is 1. The second kappa shape index (κ2) is 13.7. The minimum atomic E-state index is -4.27. The number of rotatable bonds is 13. The lowest BCUT2D eigenvalue weighted by Gasteiger charge is -2.28. The van der Waals surface area contributed by atoms with Gasteiger partial charge in [-0.3, -0.25) is 13.6 Å². The molecule has 6 atom stereocenters. The van der Waals surface area contributed by atoms with Crippen molar-refractivity contribution in [1.82, 2.24) is 24.6 Å². The van der Waals surface area contributed by atoms with Crippen molar-refractivity contribution in [3.63, 3.8) is 0 Å². The van der Waals surface area contributed by atoms with Gasteiger partial charge in [0.05, 0.1) is 26.1 Å². The number of hydrogen-bond donors (Lipinski definition) is 4. The summed E-state index contributed by atoms with van der Waals surface area (Å²) in [6, 6.07) is 9.06. The predicted molar refractivity (Wildman–Crippen MR) is 156 cm³/mol. The molecule has 44 heavy (non-hydrogen) atoms. The quantitative estimate of drug-likeness (QED) is 0.120. The van der Waals surface area contributed by atoms with Crippen LogP contribution in [0.25, 0.3) is 11.2 Å². The van der Waals surface area contributed by atoms with Gasteiger partial charge in [-0.2, -0.15) is 9.97 Å². The van der Waals surface area contributed by atoms with Gasteiger partial charge >= 0.3 is 13.9 Å². The van der Waals surface area contributed by atoms with E-state index in [9.17, 15) is 19.6 Å². The molecule has 17 heteroatoms. The van der Waals surface area contributed by atoms with E-state index in [2.05, 4.69) is 20.0 Å². The lowest BCUT2D eigenvalue weighted by atomic mass is 9.96. The summed E-state index contributed by atoms with van der Waals surface area (Å²) in [6.45, 7) is 7.63. The Labute approximate surface area is 254 Å². The highest BCUT2D eigenvalue weighted by atomic mass is 31.2. The first kappa shape index (κ1) is 33.5. The predicted octanol–water partition coefficient (Wildman–Crippen LogP) is 2.90. The number of carbonyl (C=O) groups excluding carboxylic acids is 1. The molecule has 242 valence electrons. The van der Waals surface area contributed by atoms with Gasteiger partial charge in [0, 0.05) is 12.5 Å². The highest BCUT2D eigenvalue weighted by Crippen LogP contribution is 2.48. The molecule has 0 spiro atoms. The number of methoxy groups -OCH3 is 1. The Morgan fingerprint density at radius 1 is 1.20 bits per heavy atom. The van der Waals surface area contributed by atoms with Gasteiger partial charge < -0.3 is 34.9 Å². The van der Waals surface area contributed by atoms with Crippen molar-refractivity contribution in [2.75, 3.05) is 19.5 Å². The molecule has 0 bridgehead atoms. The van der Waals surface area contributed by atoms with E-state index in [1.54, 1.807) is 39.8 Å². The van der Waals surface area contributed by atoms with Gasteiger partial charge in [-0.25, -0.2) is 19.4 Å². The first-order valence-electron chi connectivity index (χ1n) is 13.9. The van der Waals surface area contributed by atoms with Crippen molar-refractivity contribution in [1.29, 1.82) is 0 Å². The minimum Gasteiger partial charge on any atom is -0.479 e. The van der Waals surface area contributed by atoms with Crippen LogP contribution in [0.1, 0.15) is 46.4 Å². The number of benzene rings is 1. The van der Waals surface area contributed by atoms with Crippen LogP contribution in [0, 0.1) is 5.92 Å². The Morgan fingerprint density at radius 2 is 1.91 bits per heavy atom. The SMILES string of the molecule is COc1nc(N)nc2c1ncn2C1OC(COP(=O)(NCc2ccccc2)OC(OC(=O)OC(C)C)C(C)C)C(O)C1(C)O. The van der Waals surface area contributed by atoms with Crippen LogP contribution in [0.3, 0.4) is 0 Å². The molecule has 1 aliphatic heterocycles. The van der Waals surface area contributed by atoms with Gasteiger partial charge in [0.25, 0.3) is 0 Å². The number of aliphatic hydroxyl groups excluding tert-OH is 1. The summed E-state index contributed by atoms with van der Waals surface area (Å²) in [7, 11) is -2.87. The number of hydrogen-bond acceptors (Lipinski definition) is 14. The molecule has 16 nitrogen and oxygen atoms in total. The van der Waals surface area contributed by atoms with Crippen LogP contribution >= 0.6 is 7.75 Å². The van der Waals surface area contributed by atoms with Crippen molar-refractivity contribution in [3.05, 3.63) is 42.2 Å². The molecular formula is C27H39N6O10P.